The SMILES string of the molecule is CCOC(=O)C(O)CCc1ccc(C)cc1. The molecule has 0 aromatic heterocycles. The van der Waals surface area contributed by atoms with E-state index in [4.69, 9.17) is 4.74 Å². The molecule has 0 amide bonds. The van der Waals surface area contributed by atoms with Gasteiger partial charge in [-0.15, -0.1) is 0 Å². The first kappa shape index (κ1) is 12.7. The van der Waals surface area contributed by atoms with Gasteiger partial charge in [-0.05, 0) is 32.3 Å². The number of esters is 1. The highest BCUT2D eigenvalue weighted by Gasteiger charge is 2.15. The predicted molar refractivity (Wildman–Crippen MR) is 62.1 cm³/mol. The quantitative estimate of drug-likeness (QED) is 0.773. The van der Waals surface area contributed by atoms with Gasteiger partial charge < -0.3 is 9.84 Å². The van der Waals surface area contributed by atoms with E-state index in [0.29, 0.717) is 19.4 Å². The van der Waals surface area contributed by atoms with E-state index in [2.05, 4.69) is 0 Å². The van der Waals surface area contributed by atoms with E-state index in [-0.39, 0.29) is 0 Å². The Morgan fingerprint density at radius 3 is 2.56 bits per heavy atom. The summed E-state index contributed by atoms with van der Waals surface area (Å²) in [6.45, 7) is 4.06. The molecule has 0 spiro atoms. The molecule has 1 atom stereocenters. The van der Waals surface area contributed by atoms with Crippen molar-refractivity contribution in [1.82, 2.24) is 0 Å². The number of ether oxygens (including phenoxy) is 1. The summed E-state index contributed by atoms with van der Waals surface area (Å²) < 4.78 is 4.72. The molecule has 1 aromatic carbocycles. The van der Waals surface area contributed by atoms with Crippen LogP contribution in [0.15, 0.2) is 24.3 Å². The summed E-state index contributed by atoms with van der Waals surface area (Å²) in [6, 6.07) is 8.05. The van der Waals surface area contributed by atoms with Gasteiger partial charge in [0, 0.05) is 0 Å². The zero-order chi connectivity index (χ0) is 12.0. The molecule has 0 fully saturated rings. The fraction of sp³-hybridized carbons (Fsp3) is 0.462. The summed E-state index contributed by atoms with van der Waals surface area (Å²) in [5, 5.41) is 9.49. The summed E-state index contributed by atoms with van der Waals surface area (Å²) in [4.78, 5) is 11.1. The largest absolute Gasteiger partial charge is 0.464 e. The summed E-state index contributed by atoms with van der Waals surface area (Å²) in [7, 11) is 0. The van der Waals surface area contributed by atoms with Crippen LogP contribution in [0.4, 0.5) is 0 Å². The highest BCUT2D eigenvalue weighted by atomic mass is 16.5. The summed E-state index contributed by atoms with van der Waals surface area (Å²) in [5.41, 5.74) is 2.32. The van der Waals surface area contributed by atoms with Crippen LogP contribution in [0.5, 0.6) is 0 Å². The van der Waals surface area contributed by atoms with E-state index in [1.165, 1.54) is 5.56 Å². The third kappa shape index (κ3) is 4.03. The smallest absolute Gasteiger partial charge is 0.334 e. The van der Waals surface area contributed by atoms with Crippen LogP contribution in [0.25, 0.3) is 0 Å². The van der Waals surface area contributed by atoms with Gasteiger partial charge in [0.2, 0.25) is 0 Å². The van der Waals surface area contributed by atoms with Gasteiger partial charge in [0.05, 0.1) is 6.61 Å². The van der Waals surface area contributed by atoms with Crippen molar-refractivity contribution in [2.24, 2.45) is 0 Å². The van der Waals surface area contributed by atoms with Gasteiger partial charge in [-0.2, -0.15) is 0 Å². The molecule has 0 bridgehead atoms. The molecule has 88 valence electrons. The van der Waals surface area contributed by atoms with E-state index < -0.39 is 12.1 Å². The minimum absolute atomic E-state index is 0.306. The lowest BCUT2D eigenvalue weighted by Crippen LogP contribution is -2.23. The van der Waals surface area contributed by atoms with Gasteiger partial charge in [0.15, 0.2) is 6.10 Å². The summed E-state index contributed by atoms with van der Waals surface area (Å²) in [5.74, 6) is -0.533. The molecule has 0 aliphatic rings. The van der Waals surface area contributed by atoms with Crippen LogP contribution in [0.3, 0.4) is 0 Å². The number of rotatable bonds is 5. The topological polar surface area (TPSA) is 46.5 Å². The average molecular weight is 222 g/mol. The molecule has 0 radical (unpaired) electrons. The molecule has 0 saturated carbocycles. The van der Waals surface area contributed by atoms with Crippen molar-refractivity contribution < 1.29 is 14.6 Å². The molecule has 1 rings (SSSR count). The minimum Gasteiger partial charge on any atom is -0.464 e. The second-order valence-electron chi connectivity index (χ2n) is 3.79. The Bertz CT molecular complexity index is 330. The number of carbonyl (C=O) groups excluding carboxylic acids is 1. The number of aliphatic hydroxyl groups is 1. The monoisotopic (exact) mass is 222 g/mol. The molecule has 0 aliphatic carbocycles. The zero-order valence-corrected chi connectivity index (χ0v) is 9.77. The Balaban J connectivity index is 2.39. The minimum atomic E-state index is -1.01. The van der Waals surface area contributed by atoms with Gasteiger partial charge in [-0.3, -0.25) is 0 Å². The van der Waals surface area contributed by atoms with Gasteiger partial charge in [-0.1, -0.05) is 29.8 Å². The normalized spacial score (nSPS) is 12.2. The molecule has 0 aliphatic heterocycles. The van der Waals surface area contributed by atoms with Crippen molar-refractivity contribution >= 4 is 5.97 Å². The Kier molecular flexibility index (Phi) is 4.99. The van der Waals surface area contributed by atoms with E-state index >= 15 is 0 Å². The molecule has 16 heavy (non-hydrogen) atoms. The lowest BCUT2D eigenvalue weighted by Gasteiger charge is -2.09. The fourth-order valence-electron chi connectivity index (χ4n) is 1.41. The van der Waals surface area contributed by atoms with E-state index in [1.54, 1.807) is 6.92 Å². The number of aliphatic hydroxyl groups excluding tert-OH is 1. The maximum atomic E-state index is 11.1. The molecule has 3 heteroatoms. The van der Waals surface area contributed by atoms with Crippen molar-refractivity contribution in [1.29, 1.82) is 0 Å². The third-order valence-corrected chi connectivity index (χ3v) is 2.39. The molecule has 1 unspecified atom stereocenters. The number of benzene rings is 1. The van der Waals surface area contributed by atoms with Crippen LogP contribution >= 0.6 is 0 Å². The lowest BCUT2D eigenvalue weighted by atomic mass is 10.1. The van der Waals surface area contributed by atoms with Crippen LogP contribution in [0, 0.1) is 6.92 Å². The molecule has 1 aromatic rings. The molecular formula is C13H18O3. The predicted octanol–water partition coefficient (Wildman–Crippen LogP) is 1.85. The third-order valence-electron chi connectivity index (χ3n) is 2.39. The van der Waals surface area contributed by atoms with Crippen molar-refractivity contribution in [3.05, 3.63) is 35.4 Å². The Morgan fingerprint density at radius 1 is 1.38 bits per heavy atom. The highest BCUT2D eigenvalue weighted by molar-refractivity contribution is 5.74. The van der Waals surface area contributed by atoms with Crippen LogP contribution < -0.4 is 0 Å². The first-order chi connectivity index (χ1) is 7.63. The second-order valence-corrected chi connectivity index (χ2v) is 3.79. The van der Waals surface area contributed by atoms with Crippen molar-refractivity contribution in [3.63, 3.8) is 0 Å². The van der Waals surface area contributed by atoms with Crippen molar-refractivity contribution in [2.75, 3.05) is 6.61 Å². The number of hydrogen-bond acceptors (Lipinski definition) is 3. The molecule has 0 heterocycles. The van der Waals surface area contributed by atoms with Crippen LogP contribution in [-0.2, 0) is 16.0 Å². The Morgan fingerprint density at radius 2 is 2.00 bits per heavy atom. The zero-order valence-electron chi connectivity index (χ0n) is 9.77. The maximum Gasteiger partial charge on any atom is 0.334 e. The average Bonchev–Trinajstić information content (AvgIpc) is 2.28. The first-order valence-corrected chi connectivity index (χ1v) is 5.53. The summed E-state index contributed by atoms with van der Waals surface area (Å²) in [6.07, 6.45) is 0.0727. The fourth-order valence-corrected chi connectivity index (χ4v) is 1.41. The van der Waals surface area contributed by atoms with Gasteiger partial charge in [-0.25, -0.2) is 4.79 Å². The van der Waals surface area contributed by atoms with Crippen LogP contribution in [0.2, 0.25) is 0 Å². The number of carbonyl (C=O) groups is 1. The van der Waals surface area contributed by atoms with Crippen molar-refractivity contribution in [2.45, 2.75) is 32.8 Å². The van der Waals surface area contributed by atoms with E-state index in [9.17, 15) is 9.90 Å². The molecular weight excluding hydrogens is 204 g/mol. The Labute approximate surface area is 96.1 Å². The second kappa shape index (κ2) is 6.28. The van der Waals surface area contributed by atoms with Gasteiger partial charge >= 0.3 is 5.97 Å². The van der Waals surface area contributed by atoms with E-state index in [1.807, 2.05) is 31.2 Å². The number of aryl methyl sites for hydroxylation is 2. The molecule has 3 nitrogen and oxygen atoms in total. The maximum absolute atomic E-state index is 11.1. The molecule has 0 saturated heterocycles. The number of hydrogen-bond donors (Lipinski definition) is 1. The molecule has 1 N–H and O–H groups in total. The van der Waals surface area contributed by atoms with Crippen LogP contribution in [0.1, 0.15) is 24.5 Å². The first-order valence-electron chi connectivity index (χ1n) is 5.53. The Hall–Kier alpha value is -1.35. The highest BCUT2D eigenvalue weighted by Crippen LogP contribution is 2.08. The van der Waals surface area contributed by atoms with Crippen molar-refractivity contribution in [3.8, 4) is 0 Å². The lowest BCUT2D eigenvalue weighted by molar-refractivity contribution is -0.153. The van der Waals surface area contributed by atoms with E-state index in [0.717, 1.165) is 5.56 Å². The van der Waals surface area contributed by atoms with Gasteiger partial charge in [0.25, 0.3) is 0 Å². The standard InChI is InChI=1S/C13H18O3/c1-3-16-13(15)12(14)9-8-11-6-4-10(2)5-7-11/h4-7,12,14H,3,8-9H2,1-2H3. The van der Waals surface area contributed by atoms with Gasteiger partial charge in [0.1, 0.15) is 0 Å². The van der Waals surface area contributed by atoms with Crippen LogP contribution in [-0.4, -0.2) is 23.8 Å². The summed E-state index contributed by atoms with van der Waals surface area (Å²) >= 11 is 0.